The van der Waals surface area contributed by atoms with Crippen LogP contribution in [0.1, 0.15) is 62.0 Å². The van der Waals surface area contributed by atoms with Crippen molar-refractivity contribution in [3.05, 3.63) is 29.3 Å². The molecule has 0 fully saturated rings. The lowest BCUT2D eigenvalue weighted by atomic mass is 9.89. The largest absolute Gasteiger partial charge is 0.487 e. The van der Waals surface area contributed by atoms with Gasteiger partial charge < -0.3 is 9.84 Å². The number of carboxylic acid groups (broad SMARTS) is 1. The molecule has 0 spiro atoms. The molecule has 1 aromatic rings. The van der Waals surface area contributed by atoms with E-state index in [4.69, 9.17) is 4.74 Å². The number of rotatable bonds is 6. The van der Waals surface area contributed by atoms with Crippen molar-refractivity contribution in [2.24, 2.45) is 0 Å². The van der Waals surface area contributed by atoms with E-state index < -0.39 is 27.6 Å². The number of fused-ring (bicyclic) bond motifs is 1. The van der Waals surface area contributed by atoms with Crippen molar-refractivity contribution in [3.63, 3.8) is 0 Å². The Labute approximate surface area is 143 Å². The molecule has 1 aliphatic rings. The second kappa shape index (κ2) is 6.72. The van der Waals surface area contributed by atoms with Crippen molar-refractivity contribution in [2.45, 2.75) is 51.7 Å². The van der Waals surface area contributed by atoms with Crippen molar-refractivity contribution >= 4 is 16.0 Å². The summed E-state index contributed by atoms with van der Waals surface area (Å²) in [5, 5.41) is 9.22. The van der Waals surface area contributed by atoms with Gasteiger partial charge in [0.2, 0.25) is 10.0 Å². The Balaban J connectivity index is 2.46. The molecule has 0 aliphatic carbocycles. The fraction of sp³-hybridized carbons (Fsp3) is 0.588. The van der Waals surface area contributed by atoms with Gasteiger partial charge in [0.15, 0.2) is 0 Å². The molecule has 0 saturated heterocycles. The summed E-state index contributed by atoms with van der Waals surface area (Å²) >= 11 is 0. The third kappa shape index (κ3) is 3.89. The van der Waals surface area contributed by atoms with Gasteiger partial charge in [-0.15, -0.1) is 0 Å². The van der Waals surface area contributed by atoms with E-state index in [0.29, 0.717) is 24.2 Å². The van der Waals surface area contributed by atoms with Gasteiger partial charge in [-0.05, 0) is 38.5 Å². The van der Waals surface area contributed by atoms with Crippen LogP contribution >= 0.6 is 0 Å². The average molecular weight is 355 g/mol. The summed E-state index contributed by atoms with van der Waals surface area (Å²) in [6.07, 6.45) is 1.86. The molecule has 2 rings (SSSR count). The molecule has 1 aromatic carbocycles. The zero-order valence-electron chi connectivity index (χ0n) is 14.6. The van der Waals surface area contributed by atoms with E-state index in [1.54, 1.807) is 13.1 Å². The van der Waals surface area contributed by atoms with Crippen LogP contribution < -0.4 is 4.74 Å². The van der Waals surface area contributed by atoms with Crippen molar-refractivity contribution < 1.29 is 23.1 Å². The lowest BCUT2D eigenvalue weighted by Gasteiger charge is -2.41. The second-order valence-corrected chi connectivity index (χ2v) is 8.97. The maximum Gasteiger partial charge on any atom is 0.335 e. The number of ether oxygens (including phenoxy) is 1. The Bertz CT molecular complexity index is 726. The highest BCUT2D eigenvalue weighted by Gasteiger charge is 2.39. The quantitative estimate of drug-likeness (QED) is 0.848. The van der Waals surface area contributed by atoms with Gasteiger partial charge in [-0.1, -0.05) is 13.3 Å². The minimum atomic E-state index is -3.42. The summed E-state index contributed by atoms with van der Waals surface area (Å²) in [7, 11) is -1.85. The van der Waals surface area contributed by atoms with Gasteiger partial charge in [-0.3, -0.25) is 0 Å². The molecular formula is C17H25NO5S. The number of carboxylic acids is 1. The first-order valence-corrected chi connectivity index (χ1v) is 9.70. The predicted molar refractivity (Wildman–Crippen MR) is 91.9 cm³/mol. The number of aromatic carboxylic acids is 1. The van der Waals surface area contributed by atoms with E-state index in [1.165, 1.54) is 16.4 Å². The molecule has 0 saturated carbocycles. The summed E-state index contributed by atoms with van der Waals surface area (Å²) in [5.41, 5.74) is 0.204. The monoisotopic (exact) mass is 355 g/mol. The van der Waals surface area contributed by atoms with Gasteiger partial charge in [0.05, 0.1) is 17.4 Å². The van der Waals surface area contributed by atoms with E-state index in [-0.39, 0.29) is 11.3 Å². The number of carbonyl (C=O) groups is 1. The minimum Gasteiger partial charge on any atom is -0.487 e. The Morgan fingerprint density at radius 3 is 2.67 bits per heavy atom. The van der Waals surface area contributed by atoms with Gasteiger partial charge in [0.25, 0.3) is 0 Å². The van der Waals surface area contributed by atoms with E-state index in [1.807, 2.05) is 20.8 Å². The van der Waals surface area contributed by atoms with Gasteiger partial charge in [-0.25, -0.2) is 13.2 Å². The summed E-state index contributed by atoms with van der Waals surface area (Å²) < 4.78 is 32.5. The van der Waals surface area contributed by atoms with Crippen LogP contribution in [-0.4, -0.2) is 42.2 Å². The molecule has 1 heterocycles. The molecule has 24 heavy (non-hydrogen) atoms. The fourth-order valence-corrected chi connectivity index (χ4v) is 4.46. The molecule has 1 aliphatic heterocycles. The van der Waals surface area contributed by atoms with Gasteiger partial charge >= 0.3 is 5.97 Å². The zero-order valence-corrected chi connectivity index (χ0v) is 15.4. The Kier molecular flexibility index (Phi) is 5.25. The van der Waals surface area contributed by atoms with Gasteiger partial charge in [-0.2, -0.15) is 4.31 Å². The number of hydrogen-bond donors (Lipinski definition) is 1. The van der Waals surface area contributed by atoms with Gasteiger partial charge in [0, 0.05) is 19.0 Å². The zero-order chi connectivity index (χ0) is 18.1. The fourth-order valence-electron chi connectivity index (χ4n) is 2.94. The highest BCUT2D eigenvalue weighted by molar-refractivity contribution is 7.89. The first kappa shape index (κ1) is 18.7. The highest BCUT2D eigenvalue weighted by Crippen LogP contribution is 2.43. The third-order valence-electron chi connectivity index (χ3n) is 4.32. The van der Waals surface area contributed by atoms with Crippen LogP contribution in [0.3, 0.4) is 0 Å². The Morgan fingerprint density at radius 1 is 1.42 bits per heavy atom. The van der Waals surface area contributed by atoms with E-state index >= 15 is 0 Å². The maximum atomic E-state index is 12.6. The van der Waals surface area contributed by atoms with E-state index in [0.717, 1.165) is 6.42 Å². The van der Waals surface area contributed by atoms with E-state index in [2.05, 4.69) is 0 Å². The smallest absolute Gasteiger partial charge is 0.335 e. The van der Waals surface area contributed by atoms with Crippen LogP contribution in [0.4, 0.5) is 0 Å². The Hall–Kier alpha value is -1.60. The summed E-state index contributed by atoms with van der Waals surface area (Å²) in [5.74, 6) is -0.414. The van der Waals surface area contributed by atoms with E-state index in [9.17, 15) is 18.3 Å². The molecule has 0 aromatic heterocycles. The lowest BCUT2D eigenvalue weighted by molar-refractivity contribution is 0.0539. The van der Waals surface area contributed by atoms with Crippen LogP contribution in [0.2, 0.25) is 0 Å². The van der Waals surface area contributed by atoms with Crippen molar-refractivity contribution in [2.75, 3.05) is 12.8 Å². The SMILES string of the molecule is CCCCS(=O)(=O)N(C)C1CC(C)(C)Oc2ccc(C(=O)O)cc21. The van der Waals surface area contributed by atoms with Crippen molar-refractivity contribution in [3.8, 4) is 5.75 Å². The maximum absolute atomic E-state index is 12.6. The summed E-state index contributed by atoms with van der Waals surface area (Å²) in [4.78, 5) is 11.3. The molecule has 0 amide bonds. The second-order valence-electron chi connectivity index (χ2n) is 6.83. The van der Waals surface area contributed by atoms with Crippen molar-refractivity contribution in [1.82, 2.24) is 4.31 Å². The number of hydrogen-bond acceptors (Lipinski definition) is 4. The number of unbranched alkanes of at least 4 members (excludes halogenated alkanes) is 1. The van der Waals surface area contributed by atoms with Gasteiger partial charge in [0.1, 0.15) is 11.4 Å². The highest BCUT2D eigenvalue weighted by atomic mass is 32.2. The molecule has 1 atom stereocenters. The Morgan fingerprint density at radius 2 is 2.08 bits per heavy atom. The first-order chi connectivity index (χ1) is 11.1. The third-order valence-corrected chi connectivity index (χ3v) is 6.26. The number of nitrogens with zero attached hydrogens (tertiary/aromatic N) is 1. The number of benzene rings is 1. The predicted octanol–water partition coefficient (Wildman–Crippen LogP) is 3.05. The average Bonchev–Trinajstić information content (AvgIpc) is 2.50. The molecular weight excluding hydrogens is 330 g/mol. The first-order valence-electron chi connectivity index (χ1n) is 8.09. The van der Waals surface area contributed by atoms with Crippen LogP contribution in [0.25, 0.3) is 0 Å². The van der Waals surface area contributed by atoms with Crippen LogP contribution in [-0.2, 0) is 10.0 Å². The molecule has 0 bridgehead atoms. The minimum absolute atomic E-state index is 0.0890. The normalized spacial score (nSPS) is 19.6. The van der Waals surface area contributed by atoms with Crippen molar-refractivity contribution in [1.29, 1.82) is 0 Å². The molecule has 1 unspecified atom stereocenters. The molecule has 7 heteroatoms. The molecule has 1 N–H and O–H groups in total. The topological polar surface area (TPSA) is 83.9 Å². The number of sulfonamides is 1. The lowest BCUT2D eigenvalue weighted by Crippen LogP contribution is -2.42. The molecule has 6 nitrogen and oxygen atoms in total. The van der Waals surface area contributed by atoms with Crippen LogP contribution in [0.5, 0.6) is 5.75 Å². The molecule has 134 valence electrons. The van der Waals surface area contributed by atoms with Crippen LogP contribution in [0.15, 0.2) is 18.2 Å². The van der Waals surface area contributed by atoms with Crippen LogP contribution in [0, 0.1) is 0 Å². The molecule has 0 radical (unpaired) electrons. The summed E-state index contributed by atoms with van der Waals surface area (Å²) in [6, 6.07) is 4.17. The standard InChI is InChI=1S/C17H25NO5S/c1-5-6-9-24(21,22)18(4)14-11-17(2,3)23-15-8-7-12(16(19)20)10-13(14)15/h7-8,10,14H,5-6,9,11H2,1-4H3,(H,19,20). The summed E-state index contributed by atoms with van der Waals surface area (Å²) in [6.45, 7) is 5.75.